The molecular weight excluding hydrogens is 280 g/mol. The standard InChI is InChI=1S/C16H18N4O2/c1-9-12(8-11-6-4-3-5-7-11)16(22)20-15(18-9)13(14(17)21)10(2)19-20/h3-7,13,15,18H,8H2,1-2H3,(H2,17,21). The number of allylic oxidation sites excluding steroid dienone is 1. The van der Waals surface area contributed by atoms with Crippen molar-refractivity contribution >= 4 is 17.5 Å². The molecule has 6 nitrogen and oxygen atoms in total. The van der Waals surface area contributed by atoms with Gasteiger partial charge in [-0.15, -0.1) is 0 Å². The molecule has 3 rings (SSSR count). The number of hydrogen-bond donors (Lipinski definition) is 2. The molecule has 22 heavy (non-hydrogen) atoms. The maximum absolute atomic E-state index is 12.7. The van der Waals surface area contributed by atoms with E-state index in [1.165, 1.54) is 5.01 Å². The lowest BCUT2D eigenvalue weighted by Gasteiger charge is -2.33. The second-order valence-corrected chi connectivity index (χ2v) is 5.63. The Morgan fingerprint density at radius 2 is 2.00 bits per heavy atom. The molecule has 0 fully saturated rings. The number of nitrogens with zero attached hydrogens (tertiary/aromatic N) is 2. The van der Waals surface area contributed by atoms with Gasteiger partial charge >= 0.3 is 0 Å². The highest BCUT2D eigenvalue weighted by Gasteiger charge is 2.45. The van der Waals surface area contributed by atoms with Gasteiger partial charge < -0.3 is 11.1 Å². The van der Waals surface area contributed by atoms with E-state index in [1.807, 2.05) is 37.3 Å². The van der Waals surface area contributed by atoms with Gasteiger partial charge in [0.15, 0.2) is 0 Å². The number of hydrazone groups is 1. The number of fused-ring (bicyclic) bond motifs is 1. The Labute approximate surface area is 128 Å². The van der Waals surface area contributed by atoms with Crippen molar-refractivity contribution in [3.63, 3.8) is 0 Å². The Morgan fingerprint density at radius 1 is 1.32 bits per heavy atom. The van der Waals surface area contributed by atoms with Gasteiger partial charge in [0, 0.05) is 17.7 Å². The van der Waals surface area contributed by atoms with E-state index in [-0.39, 0.29) is 5.91 Å². The summed E-state index contributed by atoms with van der Waals surface area (Å²) in [7, 11) is 0. The van der Waals surface area contributed by atoms with Gasteiger partial charge in [-0.3, -0.25) is 9.59 Å². The lowest BCUT2D eigenvalue weighted by atomic mass is 9.96. The quantitative estimate of drug-likeness (QED) is 0.863. The molecule has 0 radical (unpaired) electrons. The smallest absolute Gasteiger partial charge is 0.273 e. The van der Waals surface area contributed by atoms with Crippen molar-refractivity contribution in [1.29, 1.82) is 0 Å². The number of nitrogens with one attached hydrogen (secondary N) is 1. The molecule has 2 heterocycles. The van der Waals surface area contributed by atoms with Gasteiger partial charge in [0.05, 0.1) is 5.71 Å². The van der Waals surface area contributed by atoms with Crippen LogP contribution in [0.15, 0.2) is 46.7 Å². The van der Waals surface area contributed by atoms with E-state index in [2.05, 4.69) is 10.4 Å². The van der Waals surface area contributed by atoms with Crippen LogP contribution in [0.5, 0.6) is 0 Å². The molecule has 2 amide bonds. The van der Waals surface area contributed by atoms with Crippen molar-refractivity contribution in [2.24, 2.45) is 16.8 Å². The van der Waals surface area contributed by atoms with Crippen LogP contribution in [0.25, 0.3) is 0 Å². The van der Waals surface area contributed by atoms with E-state index in [0.717, 1.165) is 11.3 Å². The molecule has 2 aliphatic heterocycles. The van der Waals surface area contributed by atoms with Crippen LogP contribution in [-0.4, -0.2) is 28.7 Å². The number of rotatable bonds is 3. The van der Waals surface area contributed by atoms with Crippen molar-refractivity contribution in [2.75, 3.05) is 0 Å². The summed E-state index contributed by atoms with van der Waals surface area (Å²) < 4.78 is 0. The molecule has 2 aliphatic rings. The number of amides is 2. The predicted octanol–water partition coefficient (Wildman–Crippen LogP) is 0.752. The summed E-state index contributed by atoms with van der Waals surface area (Å²) in [5.41, 5.74) is 8.47. The maximum atomic E-state index is 12.7. The van der Waals surface area contributed by atoms with Crippen molar-refractivity contribution in [2.45, 2.75) is 26.4 Å². The Bertz CT molecular complexity index is 693. The summed E-state index contributed by atoms with van der Waals surface area (Å²) in [6.07, 6.45) is 0.0156. The first kappa shape index (κ1) is 14.3. The largest absolute Gasteiger partial charge is 0.369 e. The van der Waals surface area contributed by atoms with Crippen LogP contribution in [0.1, 0.15) is 19.4 Å². The number of primary amides is 1. The number of nitrogens with two attached hydrogens (primary N) is 1. The topological polar surface area (TPSA) is 87.8 Å². The third-order valence-electron chi connectivity index (χ3n) is 4.11. The zero-order valence-electron chi connectivity index (χ0n) is 12.5. The Morgan fingerprint density at radius 3 is 2.64 bits per heavy atom. The van der Waals surface area contributed by atoms with E-state index in [1.54, 1.807) is 6.92 Å². The molecule has 0 spiro atoms. The normalized spacial score (nSPS) is 24.0. The minimum Gasteiger partial charge on any atom is -0.369 e. The molecular formula is C16H18N4O2. The van der Waals surface area contributed by atoms with Crippen molar-refractivity contribution < 1.29 is 9.59 Å². The van der Waals surface area contributed by atoms with Crippen LogP contribution in [-0.2, 0) is 16.0 Å². The van der Waals surface area contributed by atoms with Gasteiger partial charge in [-0.2, -0.15) is 5.10 Å². The summed E-state index contributed by atoms with van der Waals surface area (Å²) in [6, 6.07) is 9.77. The number of carbonyl (C=O) groups is 2. The third kappa shape index (κ3) is 2.26. The molecule has 114 valence electrons. The van der Waals surface area contributed by atoms with Crippen LogP contribution in [0.3, 0.4) is 0 Å². The highest BCUT2D eigenvalue weighted by Crippen LogP contribution is 2.28. The van der Waals surface area contributed by atoms with Crippen molar-refractivity contribution in [3.05, 3.63) is 47.2 Å². The van der Waals surface area contributed by atoms with Gasteiger partial charge in [0.1, 0.15) is 12.1 Å². The van der Waals surface area contributed by atoms with E-state index in [9.17, 15) is 9.59 Å². The van der Waals surface area contributed by atoms with Gasteiger partial charge in [0.25, 0.3) is 5.91 Å². The van der Waals surface area contributed by atoms with Crippen LogP contribution in [0, 0.1) is 5.92 Å². The van der Waals surface area contributed by atoms with Gasteiger partial charge in [0.2, 0.25) is 5.91 Å². The number of benzene rings is 1. The average molecular weight is 298 g/mol. The molecule has 0 aromatic heterocycles. The minimum absolute atomic E-state index is 0.173. The van der Waals surface area contributed by atoms with E-state index >= 15 is 0 Å². The molecule has 1 aromatic rings. The fraction of sp³-hybridized carbons (Fsp3) is 0.312. The first-order valence-corrected chi connectivity index (χ1v) is 7.17. The second kappa shape index (κ2) is 5.29. The fourth-order valence-electron chi connectivity index (χ4n) is 2.96. The molecule has 0 aliphatic carbocycles. The van der Waals surface area contributed by atoms with Crippen LogP contribution in [0.4, 0.5) is 0 Å². The average Bonchev–Trinajstić information content (AvgIpc) is 2.81. The molecule has 3 N–H and O–H groups in total. The predicted molar refractivity (Wildman–Crippen MR) is 82.4 cm³/mol. The first-order valence-electron chi connectivity index (χ1n) is 7.17. The van der Waals surface area contributed by atoms with Crippen LogP contribution < -0.4 is 11.1 Å². The van der Waals surface area contributed by atoms with E-state index < -0.39 is 18.0 Å². The van der Waals surface area contributed by atoms with Crippen molar-refractivity contribution in [1.82, 2.24) is 10.3 Å². The molecule has 2 atom stereocenters. The van der Waals surface area contributed by atoms with Crippen LogP contribution in [0.2, 0.25) is 0 Å². The molecule has 1 aromatic carbocycles. The molecule has 0 saturated carbocycles. The van der Waals surface area contributed by atoms with Gasteiger partial charge in [-0.25, -0.2) is 5.01 Å². The van der Waals surface area contributed by atoms with Crippen molar-refractivity contribution in [3.8, 4) is 0 Å². The van der Waals surface area contributed by atoms with Crippen LogP contribution >= 0.6 is 0 Å². The van der Waals surface area contributed by atoms with Gasteiger partial charge in [-0.05, 0) is 19.4 Å². The number of carbonyl (C=O) groups excluding carboxylic acids is 2. The summed E-state index contributed by atoms with van der Waals surface area (Å²) in [5, 5.41) is 8.78. The highest BCUT2D eigenvalue weighted by atomic mass is 16.2. The summed E-state index contributed by atoms with van der Waals surface area (Å²) >= 11 is 0. The van der Waals surface area contributed by atoms with E-state index in [0.29, 0.717) is 17.7 Å². The number of hydrogen-bond acceptors (Lipinski definition) is 4. The zero-order valence-corrected chi connectivity index (χ0v) is 12.5. The lowest BCUT2D eigenvalue weighted by molar-refractivity contribution is -0.132. The Kier molecular flexibility index (Phi) is 3.44. The third-order valence-corrected chi connectivity index (χ3v) is 4.11. The Balaban J connectivity index is 1.91. The summed E-state index contributed by atoms with van der Waals surface area (Å²) in [5.74, 6) is -1.24. The summed E-state index contributed by atoms with van der Waals surface area (Å²) in [4.78, 5) is 24.3. The maximum Gasteiger partial charge on any atom is 0.273 e. The monoisotopic (exact) mass is 298 g/mol. The second-order valence-electron chi connectivity index (χ2n) is 5.63. The molecule has 2 unspecified atom stereocenters. The summed E-state index contributed by atoms with van der Waals surface area (Å²) in [6.45, 7) is 3.56. The Hall–Kier alpha value is -2.63. The molecule has 6 heteroatoms. The minimum atomic E-state index is -0.586. The van der Waals surface area contributed by atoms with Gasteiger partial charge in [-0.1, -0.05) is 30.3 Å². The first-order chi connectivity index (χ1) is 10.5. The lowest BCUT2D eigenvalue weighted by Crippen LogP contribution is -2.54. The zero-order chi connectivity index (χ0) is 15.9. The SMILES string of the molecule is CC1=NN2C(=O)C(Cc3ccccc3)=C(C)NC2C1C(N)=O. The molecule has 0 saturated heterocycles. The highest BCUT2D eigenvalue weighted by molar-refractivity contribution is 6.07. The van der Waals surface area contributed by atoms with E-state index in [4.69, 9.17) is 5.73 Å². The molecule has 0 bridgehead atoms. The fourth-order valence-corrected chi connectivity index (χ4v) is 2.96.